The molecule has 184 valence electrons. The van der Waals surface area contributed by atoms with E-state index in [0.717, 1.165) is 11.8 Å². The Morgan fingerprint density at radius 2 is 1.91 bits per heavy atom. The number of anilines is 3. The van der Waals surface area contributed by atoms with Crippen molar-refractivity contribution in [3.8, 4) is 0 Å². The largest absolute Gasteiger partial charge is 0.478 e. The van der Waals surface area contributed by atoms with E-state index < -0.39 is 21.8 Å². The first-order valence-electron chi connectivity index (χ1n) is 11.2. The Bertz CT molecular complexity index is 1380. The number of hydrogen-bond acceptors (Lipinski definition) is 6. The Labute approximate surface area is 204 Å². The smallest absolute Gasteiger partial charge is 0.339 e. The SMILES string of the molecule is Cc1cccc(N2CCN(c3ncc(NS(=O)(=O)c4cc(F)ccc4C)cc3C(=O)O)CC2C)c1. The minimum Gasteiger partial charge on any atom is -0.478 e. The van der Waals surface area contributed by atoms with E-state index in [-0.39, 0.29) is 28.0 Å². The number of aromatic carboxylic acids is 1. The molecule has 10 heteroatoms. The number of rotatable bonds is 6. The molecule has 1 unspecified atom stereocenters. The van der Waals surface area contributed by atoms with Crippen molar-refractivity contribution in [1.82, 2.24) is 4.98 Å². The molecular weight excluding hydrogens is 471 g/mol. The number of carboxylic acid groups (broad SMARTS) is 1. The number of nitrogens with zero attached hydrogens (tertiary/aromatic N) is 3. The number of aromatic nitrogens is 1. The number of pyridine rings is 1. The van der Waals surface area contributed by atoms with Gasteiger partial charge in [-0.25, -0.2) is 22.6 Å². The molecule has 0 spiro atoms. The van der Waals surface area contributed by atoms with Crippen LogP contribution in [-0.4, -0.2) is 50.2 Å². The fourth-order valence-electron chi connectivity index (χ4n) is 4.34. The van der Waals surface area contributed by atoms with Gasteiger partial charge in [-0.2, -0.15) is 0 Å². The van der Waals surface area contributed by atoms with Crippen molar-refractivity contribution in [2.75, 3.05) is 34.2 Å². The van der Waals surface area contributed by atoms with Crippen molar-refractivity contribution in [1.29, 1.82) is 0 Å². The number of carbonyl (C=O) groups is 1. The summed E-state index contributed by atoms with van der Waals surface area (Å²) in [5, 5.41) is 9.84. The molecule has 1 aromatic heterocycles. The number of hydrogen-bond donors (Lipinski definition) is 2. The van der Waals surface area contributed by atoms with Gasteiger partial charge in [-0.1, -0.05) is 18.2 Å². The van der Waals surface area contributed by atoms with Crippen molar-refractivity contribution in [3.63, 3.8) is 0 Å². The van der Waals surface area contributed by atoms with Gasteiger partial charge in [0.05, 0.1) is 16.8 Å². The number of nitrogens with one attached hydrogen (secondary N) is 1. The minimum atomic E-state index is -4.14. The summed E-state index contributed by atoms with van der Waals surface area (Å²) in [4.78, 5) is 20.3. The van der Waals surface area contributed by atoms with Gasteiger partial charge < -0.3 is 14.9 Å². The highest BCUT2D eigenvalue weighted by Gasteiger charge is 2.28. The summed E-state index contributed by atoms with van der Waals surface area (Å²) in [6, 6.07) is 13.0. The molecule has 35 heavy (non-hydrogen) atoms. The van der Waals surface area contributed by atoms with Gasteiger partial charge in [0, 0.05) is 31.4 Å². The first-order chi connectivity index (χ1) is 16.5. The minimum absolute atomic E-state index is 0.0127. The zero-order valence-electron chi connectivity index (χ0n) is 19.7. The number of carboxylic acids is 1. The lowest BCUT2D eigenvalue weighted by Gasteiger charge is -2.42. The van der Waals surface area contributed by atoms with Crippen LogP contribution in [0, 0.1) is 19.7 Å². The molecule has 1 aliphatic rings. The third-order valence-corrected chi connectivity index (χ3v) is 7.57. The van der Waals surface area contributed by atoms with Crippen LogP contribution in [0.4, 0.5) is 21.6 Å². The van der Waals surface area contributed by atoms with Crippen molar-refractivity contribution in [3.05, 3.63) is 77.2 Å². The average Bonchev–Trinajstić information content (AvgIpc) is 2.80. The quantitative estimate of drug-likeness (QED) is 0.529. The lowest BCUT2D eigenvalue weighted by Crippen LogP contribution is -2.52. The Kier molecular flexibility index (Phi) is 6.66. The molecule has 4 rings (SSSR count). The van der Waals surface area contributed by atoms with Gasteiger partial charge in [-0.05, 0) is 62.2 Å². The maximum Gasteiger partial charge on any atom is 0.339 e. The molecule has 2 heterocycles. The summed E-state index contributed by atoms with van der Waals surface area (Å²) in [7, 11) is -4.14. The van der Waals surface area contributed by atoms with Crippen LogP contribution >= 0.6 is 0 Å². The van der Waals surface area contributed by atoms with E-state index in [1.807, 2.05) is 24.0 Å². The Morgan fingerprint density at radius 1 is 1.14 bits per heavy atom. The highest BCUT2D eigenvalue weighted by molar-refractivity contribution is 7.92. The zero-order valence-corrected chi connectivity index (χ0v) is 20.5. The Balaban J connectivity index is 1.58. The molecule has 0 saturated carbocycles. The lowest BCUT2D eigenvalue weighted by molar-refractivity contribution is 0.0697. The van der Waals surface area contributed by atoms with Crippen LogP contribution in [0.25, 0.3) is 0 Å². The van der Waals surface area contributed by atoms with Gasteiger partial charge in [0.25, 0.3) is 10.0 Å². The van der Waals surface area contributed by atoms with Gasteiger partial charge in [0.1, 0.15) is 17.2 Å². The van der Waals surface area contributed by atoms with Gasteiger partial charge >= 0.3 is 5.97 Å². The summed E-state index contributed by atoms with van der Waals surface area (Å²) in [5.41, 5.74) is 2.51. The predicted molar refractivity (Wildman–Crippen MR) is 133 cm³/mol. The van der Waals surface area contributed by atoms with E-state index >= 15 is 0 Å². The highest BCUT2D eigenvalue weighted by atomic mass is 32.2. The van der Waals surface area contributed by atoms with Crippen LogP contribution in [0.2, 0.25) is 0 Å². The molecule has 3 aromatic rings. The summed E-state index contributed by atoms with van der Waals surface area (Å²) in [5.74, 6) is -1.63. The number of halogens is 1. The number of aryl methyl sites for hydroxylation is 2. The first kappa shape index (κ1) is 24.5. The van der Waals surface area contributed by atoms with E-state index in [2.05, 4.69) is 33.7 Å². The summed E-state index contributed by atoms with van der Waals surface area (Å²) in [6.45, 7) is 7.44. The molecule has 0 aliphatic carbocycles. The lowest BCUT2D eigenvalue weighted by atomic mass is 10.1. The zero-order chi connectivity index (χ0) is 25.3. The van der Waals surface area contributed by atoms with Crippen LogP contribution < -0.4 is 14.5 Å². The third kappa shape index (κ3) is 5.22. The molecule has 8 nitrogen and oxygen atoms in total. The fourth-order valence-corrected chi connectivity index (χ4v) is 5.63. The highest BCUT2D eigenvalue weighted by Crippen LogP contribution is 2.28. The van der Waals surface area contributed by atoms with Gasteiger partial charge in [-0.3, -0.25) is 4.72 Å². The Morgan fingerprint density at radius 3 is 2.60 bits per heavy atom. The second kappa shape index (κ2) is 9.53. The Hall–Kier alpha value is -3.66. The van der Waals surface area contributed by atoms with E-state index in [9.17, 15) is 22.7 Å². The summed E-state index contributed by atoms with van der Waals surface area (Å²) < 4.78 is 41.6. The fraction of sp³-hybridized carbons (Fsp3) is 0.280. The van der Waals surface area contributed by atoms with E-state index in [4.69, 9.17) is 0 Å². The molecule has 1 saturated heterocycles. The molecule has 2 N–H and O–H groups in total. The van der Waals surface area contributed by atoms with Crippen LogP contribution in [0.5, 0.6) is 0 Å². The van der Waals surface area contributed by atoms with Crippen LogP contribution in [0.3, 0.4) is 0 Å². The van der Waals surface area contributed by atoms with Crippen LogP contribution in [-0.2, 0) is 10.0 Å². The molecule has 1 aliphatic heterocycles. The molecular formula is C25H27FN4O4S. The predicted octanol–water partition coefficient (Wildman–Crippen LogP) is 4.05. The van der Waals surface area contributed by atoms with Crippen molar-refractivity contribution in [2.24, 2.45) is 0 Å². The van der Waals surface area contributed by atoms with Crippen molar-refractivity contribution >= 4 is 33.2 Å². The monoisotopic (exact) mass is 498 g/mol. The van der Waals surface area contributed by atoms with Crippen molar-refractivity contribution < 1.29 is 22.7 Å². The van der Waals surface area contributed by atoms with Gasteiger partial charge in [-0.15, -0.1) is 0 Å². The molecule has 1 fully saturated rings. The van der Waals surface area contributed by atoms with E-state index in [0.29, 0.717) is 25.2 Å². The number of benzene rings is 2. The van der Waals surface area contributed by atoms with E-state index in [1.165, 1.54) is 30.0 Å². The summed E-state index contributed by atoms with van der Waals surface area (Å²) >= 11 is 0. The van der Waals surface area contributed by atoms with E-state index in [1.54, 1.807) is 6.92 Å². The molecule has 1 atom stereocenters. The second-order valence-corrected chi connectivity index (χ2v) is 10.4. The average molecular weight is 499 g/mol. The first-order valence-corrected chi connectivity index (χ1v) is 12.6. The maximum absolute atomic E-state index is 13.6. The topological polar surface area (TPSA) is 103 Å². The van der Waals surface area contributed by atoms with Crippen LogP contribution in [0.1, 0.15) is 28.4 Å². The molecule has 0 bridgehead atoms. The van der Waals surface area contributed by atoms with Crippen molar-refractivity contribution in [2.45, 2.75) is 31.7 Å². The molecule has 0 radical (unpaired) electrons. The number of sulfonamides is 1. The maximum atomic E-state index is 13.6. The second-order valence-electron chi connectivity index (χ2n) is 8.74. The van der Waals surface area contributed by atoms with Crippen LogP contribution in [0.15, 0.2) is 59.6 Å². The van der Waals surface area contributed by atoms with Gasteiger partial charge in [0.15, 0.2) is 0 Å². The summed E-state index contributed by atoms with van der Waals surface area (Å²) in [6.07, 6.45) is 1.28. The normalized spacial score (nSPS) is 16.3. The standard InChI is InChI=1S/C25H27FN4O4S/c1-16-5-4-6-21(11-16)30-10-9-29(15-18(30)3)24-22(25(31)32)13-20(14-27-24)28-35(33,34)23-12-19(26)8-7-17(23)2/h4-8,11-14,18,28H,9-10,15H2,1-3H3,(H,31,32). The number of piperazine rings is 1. The third-order valence-electron chi connectivity index (χ3n) is 6.05. The molecule has 0 amide bonds. The molecule has 2 aromatic carbocycles. The van der Waals surface area contributed by atoms with Gasteiger partial charge in [0.2, 0.25) is 0 Å².